The minimum Gasteiger partial charge on any atom is -0.444 e. The minimum atomic E-state index is -0.499. The number of hydrogen-bond acceptors (Lipinski definition) is 5. The van der Waals surface area contributed by atoms with E-state index in [1.54, 1.807) is 4.90 Å². The molecule has 1 aliphatic rings. The van der Waals surface area contributed by atoms with Crippen molar-refractivity contribution in [2.24, 2.45) is 11.6 Å². The first-order valence-electron chi connectivity index (χ1n) is 5.35. The van der Waals surface area contributed by atoms with Crippen molar-refractivity contribution in [3.05, 3.63) is 10.3 Å². The maximum absolute atomic E-state index is 11.9. The summed E-state index contributed by atoms with van der Waals surface area (Å²) in [5.41, 5.74) is 5.83. The van der Waals surface area contributed by atoms with Crippen molar-refractivity contribution in [3.8, 4) is 0 Å². The Bertz CT molecular complexity index is 334. The topological polar surface area (TPSA) is 84.8 Å². The Kier molecular flexibility index (Phi) is 4.26. The van der Waals surface area contributed by atoms with Crippen molar-refractivity contribution < 1.29 is 9.53 Å². The number of halogens is 1. The zero-order valence-electron chi connectivity index (χ0n) is 10.4. The Labute approximate surface area is 110 Å². The van der Waals surface area contributed by atoms with E-state index in [4.69, 9.17) is 16.3 Å². The molecule has 0 aromatic rings. The van der Waals surface area contributed by atoms with Crippen molar-refractivity contribution in [2.75, 3.05) is 19.6 Å². The number of ether oxygens (including phenoxy) is 1. The molecule has 1 rings (SSSR count). The lowest BCUT2D eigenvalue weighted by Gasteiger charge is -2.36. The second-order valence-corrected chi connectivity index (χ2v) is 5.74. The molecule has 0 atom stereocenters. The van der Waals surface area contributed by atoms with E-state index in [-0.39, 0.29) is 6.09 Å². The first kappa shape index (κ1) is 14.1. The van der Waals surface area contributed by atoms with Crippen LogP contribution in [0.4, 0.5) is 4.79 Å². The lowest BCUT2D eigenvalue weighted by molar-refractivity contribution is 0.0197. The molecule has 0 unspecified atom stereocenters. The molecule has 6 nitrogen and oxygen atoms in total. The number of carbonyl (C=O) groups is 1. The quantitative estimate of drug-likeness (QED) is 0.514. The summed E-state index contributed by atoms with van der Waals surface area (Å²) in [6.07, 6.45) is -0.350. The van der Waals surface area contributed by atoms with Gasteiger partial charge in [-0.25, -0.2) is 10.6 Å². The molecular weight excluding hydrogens is 288 g/mol. The van der Waals surface area contributed by atoms with Crippen LogP contribution in [0.1, 0.15) is 20.8 Å². The van der Waals surface area contributed by atoms with Gasteiger partial charge in [0.25, 0.3) is 0 Å². The third-order valence-corrected chi connectivity index (χ3v) is 2.68. The average Bonchev–Trinajstić information content (AvgIpc) is 2.14. The monoisotopic (exact) mass is 306 g/mol. The van der Waals surface area contributed by atoms with Gasteiger partial charge < -0.3 is 20.4 Å². The van der Waals surface area contributed by atoms with Gasteiger partial charge in [0.1, 0.15) is 5.60 Å². The highest BCUT2D eigenvalue weighted by atomic mass is 79.9. The SMILES string of the molecule is CC(C)(C)OC(=O)N1CCN(N)/C(=C(\N)Br)C1. The molecule has 7 heteroatoms. The molecule has 1 aliphatic heterocycles. The second-order valence-electron chi connectivity index (χ2n) is 4.89. The molecule has 1 amide bonds. The molecule has 0 spiro atoms. The molecule has 0 radical (unpaired) electrons. The number of amides is 1. The number of piperazine rings is 1. The van der Waals surface area contributed by atoms with Gasteiger partial charge >= 0.3 is 6.09 Å². The Morgan fingerprint density at radius 1 is 1.41 bits per heavy atom. The molecule has 98 valence electrons. The number of hydrogen-bond donors (Lipinski definition) is 2. The highest BCUT2D eigenvalue weighted by Gasteiger charge is 2.28. The van der Waals surface area contributed by atoms with E-state index in [0.717, 1.165) is 0 Å². The highest BCUT2D eigenvalue weighted by molar-refractivity contribution is 9.11. The molecular formula is C10H19BrN4O2. The van der Waals surface area contributed by atoms with Gasteiger partial charge in [0.2, 0.25) is 0 Å². The summed E-state index contributed by atoms with van der Waals surface area (Å²) < 4.78 is 5.73. The van der Waals surface area contributed by atoms with E-state index >= 15 is 0 Å². The normalized spacial score (nSPS) is 20.3. The minimum absolute atomic E-state index is 0.350. The molecule has 0 bridgehead atoms. The van der Waals surface area contributed by atoms with E-state index < -0.39 is 5.60 Å². The van der Waals surface area contributed by atoms with Gasteiger partial charge in [-0.1, -0.05) is 0 Å². The van der Waals surface area contributed by atoms with Crippen molar-refractivity contribution in [1.82, 2.24) is 9.91 Å². The van der Waals surface area contributed by atoms with Crippen LogP contribution in [-0.4, -0.2) is 41.2 Å². The molecule has 0 aliphatic carbocycles. The fourth-order valence-electron chi connectivity index (χ4n) is 1.41. The van der Waals surface area contributed by atoms with Gasteiger partial charge in [-0.3, -0.25) is 0 Å². The third-order valence-electron chi connectivity index (χ3n) is 2.23. The van der Waals surface area contributed by atoms with Gasteiger partial charge in [-0.05, 0) is 36.7 Å². The lowest BCUT2D eigenvalue weighted by Crippen LogP contribution is -2.51. The Morgan fingerprint density at radius 2 is 2.00 bits per heavy atom. The van der Waals surface area contributed by atoms with Crippen LogP contribution in [0.3, 0.4) is 0 Å². The zero-order chi connectivity index (χ0) is 13.2. The van der Waals surface area contributed by atoms with Gasteiger partial charge in [0.15, 0.2) is 0 Å². The van der Waals surface area contributed by atoms with Crippen LogP contribution in [0.5, 0.6) is 0 Å². The van der Waals surface area contributed by atoms with E-state index in [1.165, 1.54) is 5.01 Å². The van der Waals surface area contributed by atoms with Crippen molar-refractivity contribution in [1.29, 1.82) is 0 Å². The van der Waals surface area contributed by atoms with Crippen LogP contribution in [-0.2, 0) is 4.74 Å². The fourth-order valence-corrected chi connectivity index (χ4v) is 1.76. The second kappa shape index (κ2) is 5.14. The van der Waals surface area contributed by atoms with E-state index in [1.807, 2.05) is 20.8 Å². The smallest absolute Gasteiger partial charge is 0.410 e. The summed E-state index contributed by atoms with van der Waals surface area (Å²) in [7, 11) is 0. The highest BCUT2D eigenvalue weighted by Crippen LogP contribution is 2.17. The number of nitrogens with two attached hydrogens (primary N) is 2. The third kappa shape index (κ3) is 4.08. The van der Waals surface area contributed by atoms with Crippen molar-refractivity contribution in [2.45, 2.75) is 26.4 Å². The maximum Gasteiger partial charge on any atom is 0.410 e. The molecule has 1 heterocycles. The molecule has 0 aromatic heterocycles. The van der Waals surface area contributed by atoms with Crippen LogP contribution in [0.25, 0.3) is 0 Å². The Hall–Kier alpha value is -0.950. The summed E-state index contributed by atoms with van der Waals surface area (Å²) in [6.45, 7) is 6.90. The maximum atomic E-state index is 11.9. The predicted octanol–water partition coefficient (Wildman–Crippen LogP) is 0.936. The molecule has 0 saturated carbocycles. The van der Waals surface area contributed by atoms with Crippen LogP contribution >= 0.6 is 15.9 Å². The van der Waals surface area contributed by atoms with Gasteiger partial charge in [0, 0.05) is 6.54 Å². The molecule has 17 heavy (non-hydrogen) atoms. The van der Waals surface area contributed by atoms with Crippen LogP contribution in [0.15, 0.2) is 10.3 Å². The van der Waals surface area contributed by atoms with Gasteiger partial charge in [-0.15, -0.1) is 0 Å². The number of hydrazine groups is 1. The molecule has 0 aromatic carbocycles. The standard InChI is InChI=1S/C10H19BrN4O2/c1-10(2,3)17-9(16)14-4-5-15(13)7(6-14)8(11)12/h4-6,12-13H2,1-3H3/b8-7-. The summed E-state index contributed by atoms with van der Waals surface area (Å²) in [6, 6.07) is 0. The van der Waals surface area contributed by atoms with E-state index in [9.17, 15) is 4.79 Å². The lowest BCUT2D eigenvalue weighted by atomic mass is 10.2. The van der Waals surface area contributed by atoms with E-state index in [0.29, 0.717) is 29.9 Å². The fraction of sp³-hybridized carbons (Fsp3) is 0.700. The molecule has 1 fully saturated rings. The zero-order valence-corrected chi connectivity index (χ0v) is 12.0. The number of carbonyl (C=O) groups excluding carboxylic acids is 1. The molecule has 1 saturated heterocycles. The van der Waals surface area contributed by atoms with Crippen LogP contribution in [0, 0.1) is 0 Å². The number of nitrogens with zero attached hydrogens (tertiary/aromatic N) is 2. The van der Waals surface area contributed by atoms with Crippen molar-refractivity contribution >= 4 is 22.0 Å². The molecule has 4 N–H and O–H groups in total. The summed E-state index contributed by atoms with van der Waals surface area (Å²) in [5.74, 6) is 5.76. The summed E-state index contributed by atoms with van der Waals surface area (Å²) >= 11 is 3.17. The largest absolute Gasteiger partial charge is 0.444 e. The predicted molar refractivity (Wildman–Crippen MR) is 68.8 cm³/mol. The Morgan fingerprint density at radius 3 is 2.47 bits per heavy atom. The average molecular weight is 307 g/mol. The number of rotatable bonds is 0. The Balaban J connectivity index is 2.69. The van der Waals surface area contributed by atoms with Gasteiger partial charge in [0.05, 0.1) is 23.4 Å². The summed E-state index contributed by atoms with van der Waals surface area (Å²) in [4.78, 5) is 13.4. The summed E-state index contributed by atoms with van der Waals surface area (Å²) in [5, 5.41) is 1.53. The van der Waals surface area contributed by atoms with Crippen LogP contribution < -0.4 is 11.6 Å². The first-order valence-corrected chi connectivity index (χ1v) is 6.14. The van der Waals surface area contributed by atoms with Crippen molar-refractivity contribution in [3.63, 3.8) is 0 Å². The van der Waals surface area contributed by atoms with Crippen LogP contribution in [0.2, 0.25) is 0 Å². The van der Waals surface area contributed by atoms with E-state index in [2.05, 4.69) is 15.9 Å². The van der Waals surface area contributed by atoms with Gasteiger partial charge in [-0.2, -0.15) is 0 Å². The first-order chi connectivity index (χ1) is 7.70.